The van der Waals surface area contributed by atoms with Crippen LogP contribution in [0.2, 0.25) is 0 Å². The third-order valence-corrected chi connectivity index (χ3v) is 3.03. The van der Waals surface area contributed by atoms with E-state index in [9.17, 15) is 0 Å². The standard InChI is InChI=1S/C12H25NO2/c1-4-14-12(15-5-2)10-13-9-7-6-8-11(13)3/h11-12H,4-10H2,1-3H3. The van der Waals surface area contributed by atoms with Gasteiger partial charge in [0.1, 0.15) is 0 Å². The van der Waals surface area contributed by atoms with Crippen molar-refractivity contribution in [3.8, 4) is 0 Å². The molecule has 3 heteroatoms. The van der Waals surface area contributed by atoms with E-state index in [2.05, 4.69) is 11.8 Å². The first-order valence-corrected chi connectivity index (χ1v) is 6.25. The summed E-state index contributed by atoms with van der Waals surface area (Å²) >= 11 is 0. The van der Waals surface area contributed by atoms with Crippen LogP contribution in [0.3, 0.4) is 0 Å². The van der Waals surface area contributed by atoms with Gasteiger partial charge in [-0.2, -0.15) is 0 Å². The first kappa shape index (κ1) is 12.9. The molecule has 1 rings (SSSR count). The van der Waals surface area contributed by atoms with E-state index >= 15 is 0 Å². The molecule has 0 aromatic rings. The Morgan fingerprint density at radius 3 is 2.40 bits per heavy atom. The third kappa shape index (κ3) is 4.49. The molecule has 0 radical (unpaired) electrons. The van der Waals surface area contributed by atoms with Crippen molar-refractivity contribution in [1.29, 1.82) is 0 Å². The van der Waals surface area contributed by atoms with E-state index in [-0.39, 0.29) is 6.29 Å². The molecular weight excluding hydrogens is 190 g/mol. The number of ether oxygens (including phenoxy) is 2. The minimum Gasteiger partial charge on any atom is -0.352 e. The predicted octanol–water partition coefficient (Wildman–Crippen LogP) is 2.26. The molecule has 1 heterocycles. The smallest absolute Gasteiger partial charge is 0.170 e. The second-order valence-corrected chi connectivity index (χ2v) is 4.18. The van der Waals surface area contributed by atoms with Crippen molar-refractivity contribution >= 4 is 0 Å². The first-order chi connectivity index (χ1) is 7.27. The van der Waals surface area contributed by atoms with E-state index in [4.69, 9.17) is 9.47 Å². The first-order valence-electron chi connectivity index (χ1n) is 6.25. The molecule has 0 N–H and O–H groups in total. The molecule has 90 valence electrons. The fraction of sp³-hybridized carbons (Fsp3) is 1.00. The number of hydrogen-bond donors (Lipinski definition) is 0. The molecule has 1 unspecified atom stereocenters. The van der Waals surface area contributed by atoms with Crippen LogP contribution >= 0.6 is 0 Å². The van der Waals surface area contributed by atoms with Crippen molar-refractivity contribution in [2.24, 2.45) is 0 Å². The molecular formula is C12H25NO2. The quantitative estimate of drug-likeness (QED) is 0.634. The predicted molar refractivity (Wildman–Crippen MR) is 61.9 cm³/mol. The molecule has 1 atom stereocenters. The van der Waals surface area contributed by atoms with Crippen LogP contribution in [-0.2, 0) is 9.47 Å². The molecule has 1 aliphatic rings. The number of piperidine rings is 1. The maximum atomic E-state index is 5.57. The second-order valence-electron chi connectivity index (χ2n) is 4.18. The average Bonchev–Trinajstić information content (AvgIpc) is 2.22. The van der Waals surface area contributed by atoms with E-state index in [0.29, 0.717) is 6.04 Å². The molecule has 1 aliphatic heterocycles. The van der Waals surface area contributed by atoms with Crippen LogP contribution in [0.15, 0.2) is 0 Å². The van der Waals surface area contributed by atoms with Crippen molar-refractivity contribution in [1.82, 2.24) is 4.90 Å². The molecule has 0 aromatic heterocycles. The van der Waals surface area contributed by atoms with Crippen molar-refractivity contribution in [2.75, 3.05) is 26.3 Å². The van der Waals surface area contributed by atoms with Gasteiger partial charge in [-0.05, 0) is 40.2 Å². The van der Waals surface area contributed by atoms with Gasteiger partial charge in [-0.15, -0.1) is 0 Å². The lowest BCUT2D eigenvalue weighted by Crippen LogP contribution is -2.43. The minimum atomic E-state index is -0.0412. The molecule has 3 nitrogen and oxygen atoms in total. The van der Waals surface area contributed by atoms with Crippen LogP contribution in [0, 0.1) is 0 Å². The average molecular weight is 215 g/mol. The van der Waals surface area contributed by atoms with E-state index < -0.39 is 0 Å². The van der Waals surface area contributed by atoms with Gasteiger partial charge in [0.2, 0.25) is 0 Å². The Labute approximate surface area is 93.7 Å². The van der Waals surface area contributed by atoms with Crippen molar-refractivity contribution in [3.63, 3.8) is 0 Å². The van der Waals surface area contributed by atoms with Gasteiger partial charge < -0.3 is 9.47 Å². The Morgan fingerprint density at radius 2 is 1.87 bits per heavy atom. The summed E-state index contributed by atoms with van der Waals surface area (Å²) in [5.41, 5.74) is 0. The van der Waals surface area contributed by atoms with E-state index in [1.165, 1.54) is 25.8 Å². The van der Waals surface area contributed by atoms with E-state index in [1.807, 2.05) is 13.8 Å². The van der Waals surface area contributed by atoms with Gasteiger partial charge in [0, 0.05) is 25.8 Å². The van der Waals surface area contributed by atoms with Gasteiger partial charge in [-0.25, -0.2) is 0 Å². The molecule has 0 bridgehead atoms. The number of hydrogen-bond acceptors (Lipinski definition) is 3. The molecule has 0 aromatic carbocycles. The fourth-order valence-corrected chi connectivity index (χ4v) is 2.15. The number of likely N-dealkylation sites (tertiary alicyclic amines) is 1. The molecule has 0 spiro atoms. The lowest BCUT2D eigenvalue weighted by Gasteiger charge is -2.35. The second kappa shape index (κ2) is 7.20. The van der Waals surface area contributed by atoms with Crippen LogP contribution in [-0.4, -0.2) is 43.5 Å². The fourth-order valence-electron chi connectivity index (χ4n) is 2.15. The number of rotatable bonds is 6. The van der Waals surface area contributed by atoms with Gasteiger partial charge in [0.05, 0.1) is 0 Å². The summed E-state index contributed by atoms with van der Waals surface area (Å²) < 4.78 is 11.1. The maximum Gasteiger partial charge on any atom is 0.170 e. The maximum absolute atomic E-state index is 5.57. The highest BCUT2D eigenvalue weighted by Gasteiger charge is 2.21. The largest absolute Gasteiger partial charge is 0.352 e. The molecule has 0 amide bonds. The van der Waals surface area contributed by atoms with Gasteiger partial charge in [-0.1, -0.05) is 6.42 Å². The zero-order chi connectivity index (χ0) is 11.1. The van der Waals surface area contributed by atoms with Crippen LogP contribution in [0.1, 0.15) is 40.0 Å². The molecule has 15 heavy (non-hydrogen) atoms. The lowest BCUT2D eigenvalue weighted by molar-refractivity contribution is -0.151. The third-order valence-electron chi connectivity index (χ3n) is 3.03. The highest BCUT2D eigenvalue weighted by molar-refractivity contribution is 4.73. The summed E-state index contributed by atoms with van der Waals surface area (Å²) in [7, 11) is 0. The van der Waals surface area contributed by atoms with E-state index in [1.54, 1.807) is 0 Å². The summed E-state index contributed by atoms with van der Waals surface area (Å²) in [5.74, 6) is 0. The Hall–Kier alpha value is -0.120. The van der Waals surface area contributed by atoms with Gasteiger partial charge >= 0.3 is 0 Å². The van der Waals surface area contributed by atoms with Gasteiger partial charge in [0.15, 0.2) is 6.29 Å². The Balaban J connectivity index is 2.33. The van der Waals surface area contributed by atoms with Crippen LogP contribution < -0.4 is 0 Å². The Kier molecular flexibility index (Phi) is 6.22. The molecule has 0 saturated carbocycles. The lowest BCUT2D eigenvalue weighted by atomic mass is 10.0. The normalized spacial score (nSPS) is 23.6. The summed E-state index contributed by atoms with van der Waals surface area (Å²) in [4.78, 5) is 2.49. The zero-order valence-electron chi connectivity index (χ0n) is 10.4. The van der Waals surface area contributed by atoms with Crippen molar-refractivity contribution in [3.05, 3.63) is 0 Å². The molecule has 0 aliphatic carbocycles. The SMILES string of the molecule is CCOC(CN1CCCCC1C)OCC. The minimum absolute atomic E-state index is 0.0412. The van der Waals surface area contributed by atoms with Crippen LogP contribution in [0.25, 0.3) is 0 Å². The topological polar surface area (TPSA) is 21.7 Å². The van der Waals surface area contributed by atoms with Crippen molar-refractivity contribution < 1.29 is 9.47 Å². The Bertz CT molecular complexity index is 158. The summed E-state index contributed by atoms with van der Waals surface area (Å²) in [6.45, 7) is 9.91. The van der Waals surface area contributed by atoms with Crippen LogP contribution in [0.4, 0.5) is 0 Å². The molecule has 1 fully saturated rings. The highest BCUT2D eigenvalue weighted by atomic mass is 16.7. The van der Waals surface area contributed by atoms with Gasteiger partial charge in [0.25, 0.3) is 0 Å². The van der Waals surface area contributed by atoms with E-state index in [0.717, 1.165) is 19.8 Å². The van der Waals surface area contributed by atoms with Crippen LogP contribution in [0.5, 0.6) is 0 Å². The monoisotopic (exact) mass is 215 g/mol. The number of nitrogens with zero attached hydrogens (tertiary/aromatic N) is 1. The zero-order valence-corrected chi connectivity index (χ0v) is 10.4. The summed E-state index contributed by atoms with van der Waals surface area (Å²) in [6, 6.07) is 0.683. The van der Waals surface area contributed by atoms with Crippen molar-refractivity contribution in [2.45, 2.75) is 52.4 Å². The van der Waals surface area contributed by atoms with Gasteiger partial charge in [-0.3, -0.25) is 4.90 Å². The summed E-state index contributed by atoms with van der Waals surface area (Å²) in [5, 5.41) is 0. The summed E-state index contributed by atoms with van der Waals surface area (Å²) in [6.07, 6.45) is 3.95. The highest BCUT2D eigenvalue weighted by Crippen LogP contribution is 2.17. The Morgan fingerprint density at radius 1 is 1.20 bits per heavy atom. The molecule has 1 saturated heterocycles.